The van der Waals surface area contributed by atoms with Crippen molar-refractivity contribution in [2.24, 2.45) is 0 Å². The molecule has 0 bridgehead atoms. The second kappa shape index (κ2) is 5.01. The van der Waals surface area contributed by atoms with E-state index < -0.39 is 0 Å². The summed E-state index contributed by atoms with van der Waals surface area (Å²) in [5.74, 6) is 0. The molecule has 0 atom stereocenters. The van der Waals surface area contributed by atoms with Gasteiger partial charge in [-0.25, -0.2) is 4.98 Å². The van der Waals surface area contributed by atoms with Crippen LogP contribution in [0, 0.1) is 10.5 Å². The maximum Gasteiger partial charge on any atom is 0.0897 e. The van der Waals surface area contributed by atoms with Crippen LogP contribution >= 0.6 is 33.9 Å². The lowest BCUT2D eigenvalue weighted by Gasteiger charge is -2.08. The molecular formula is C11H12IN3S. The molecule has 0 saturated heterocycles. The molecule has 0 fully saturated rings. The Morgan fingerprint density at radius 1 is 1.50 bits per heavy atom. The fourth-order valence-corrected chi connectivity index (χ4v) is 2.61. The van der Waals surface area contributed by atoms with Gasteiger partial charge in [-0.1, -0.05) is 0 Å². The fourth-order valence-electron chi connectivity index (χ4n) is 1.36. The van der Waals surface area contributed by atoms with Crippen LogP contribution < -0.4 is 11.1 Å². The van der Waals surface area contributed by atoms with Gasteiger partial charge in [0.05, 0.1) is 22.9 Å². The zero-order valence-electron chi connectivity index (χ0n) is 8.83. The third-order valence-electron chi connectivity index (χ3n) is 2.14. The molecule has 3 nitrogen and oxygen atoms in total. The van der Waals surface area contributed by atoms with Gasteiger partial charge >= 0.3 is 0 Å². The third kappa shape index (κ3) is 2.85. The van der Waals surface area contributed by atoms with Gasteiger partial charge in [-0.3, -0.25) is 0 Å². The minimum Gasteiger partial charge on any atom is -0.397 e. The number of nitrogens with two attached hydrogens (primary N) is 1. The number of hydrogen-bond donors (Lipinski definition) is 2. The number of thiazole rings is 1. The van der Waals surface area contributed by atoms with Gasteiger partial charge in [-0.05, 0) is 47.7 Å². The van der Waals surface area contributed by atoms with Crippen molar-refractivity contribution in [1.29, 1.82) is 0 Å². The van der Waals surface area contributed by atoms with E-state index in [0.717, 1.165) is 26.5 Å². The van der Waals surface area contributed by atoms with Gasteiger partial charge in [0.25, 0.3) is 0 Å². The summed E-state index contributed by atoms with van der Waals surface area (Å²) >= 11 is 3.95. The molecule has 1 aromatic heterocycles. The molecule has 0 amide bonds. The number of aromatic nitrogens is 1. The van der Waals surface area contributed by atoms with Gasteiger partial charge in [0.15, 0.2) is 0 Å². The minimum absolute atomic E-state index is 0.774. The standard InChI is InChI=1S/C11H12IN3S/c1-7-14-5-9(16-7)6-15-11-3-2-8(12)4-10(11)13/h2-5,15H,6,13H2,1H3. The van der Waals surface area contributed by atoms with Crippen molar-refractivity contribution in [2.45, 2.75) is 13.5 Å². The molecule has 1 heterocycles. The number of halogens is 1. The highest BCUT2D eigenvalue weighted by atomic mass is 127. The number of rotatable bonds is 3. The van der Waals surface area contributed by atoms with Gasteiger partial charge in [0, 0.05) is 14.6 Å². The molecule has 2 aromatic rings. The van der Waals surface area contributed by atoms with E-state index in [-0.39, 0.29) is 0 Å². The van der Waals surface area contributed by atoms with Gasteiger partial charge in [0.1, 0.15) is 0 Å². The number of nitrogens with one attached hydrogen (secondary N) is 1. The third-order valence-corrected chi connectivity index (χ3v) is 3.72. The molecule has 0 aliphatic rings. The molecule has 0 saturated carbocycles. The topological polar surface area (TPSA) is 50.9 Å². The predicted molar refractivity (Wildman–Crippen MR) is 77.7 cm³/mol. The minimum atomic E-state index is 0.774. The lowest BCUT2D eigenvalue weighted by molar-refractivity contribution is 1.17. The van der Waals surface area contributed by atoms with E-state index in [0.29, 0.717) is 0 Å². The Kier molecular flexibility index (Phi) is 3.65. The summed E-state index contributed by atoms with van der Waals surface area (Å²) < 4.78 is 1.15. The number of hydrogen-bond acceptors (Lipinski definition) is 4. The van der Waals surface area contributed by atoms with Crippen molar-refractivity contribution in [3.05, 3.63) is 37.9 Å². The molecule has 0 unspecified atom stereocenters. The first-order valence-corrected chi connectivity index (χ1v) is 6.75. The molecule has 84 valence electrons. The van der Waals surface area contributed by atoms with Crippen LogP contribution in [0.4, 0.5) is 11.4 Å². The average molecular weight is 345 g/mol. The van der Waals surface area contributed by atoms with Crippen LogP contribution in [0.3, 0.4) is 0 Å². The summed E-state index contributed by atoms with van der Waals surface area (Å²) in [6.45, 7) is 2.78. The maximum atomic E-state index is 5.91. The molecule has 0 aliphatic heterocycles. The van der Waals surface area contributed by atoms with Crippen LogP contribution in [0.5, 0.6) is 0 Å². The lowest BCUT2D eigenvalue weighted by atomic mass is 10.2. The van der Waals surface area contributed by atoms with Gasteiger partial charge in [-0.2, -0.15) is 0 Å². The SMILES string of the molecule is Cc1ncc(CNc2ccc(I)cc2N)s1. The second-order valence-corrected chi connectivity index (χ2v) is 6.00. The average Bonchev–Trinajstić information content (AvgIpc) is 2.63. The highest BCUT2D eigenvalue weighted by Crippen LogP contribution is 2.22. The van der Waals surface area contributed by atoms with Gasteiger partial charge < -0.3 is 11.1 Å². The van der Waals surface area contributed by atoms with Crippen molar-refractivity contribution in [3.63, 3.8) is 0 Å². The lowest BCUT2D eigenvalue weighted by Crippen LogP contribution is -2.01. The number of nitrogens with zero attached hydrogens (tertiary/aromatic N) is 1. The van der Waals surface area contributed by atoms with E-state index in [9.17, 15) is 0 Å². The van der Waals surface area contributed by atoms with Crippen LogP contribution in [-0.2, 0) is 6.54 Å². The summed E-state index contributed by atoms with van der Waals surface area (Å²) in [6, 6.07) is 6.00. The number of benzene rings is 1. The number of anilines is 2. The molecule has 0 aliphatic carbocycles. The Balaban J connectivity index is 2.04. The fraction of sp³-hybridized carbons (Fsp3) is 0.182. The molecule has 16 heavy (non-hydrogen) atoms. The summed E-state index contributed by atoms with van der Waals surface area (Å²) in [5.41, 5.74) is 7.67. The van der Waals surface area contributed by atoms with E-state index >= 15 is 0 Å². The molecule has 2 rings (SSSR count). The van der Waals surface area contributed by atoms with Crippen molar-refractivity contribution in [3.8, 4) is 0 Å². The monoisotopic (exact) mass is 345 g/mol. The summed E-state index contributed by atoms with van der Waals surface area (Å²) in [5, 5.41) is 4.40. The Morgan fingerprint density at radius 3 is 2.94 bits per heavy atom. The van der Waals surface area contributed by atoms with Crippen molar-refractivity contribution >= 4 is 45.3 Å². The molecule has 0 spiro atoms. The summed E-state index contributed by atoms with van der Waals surface area (Å²) in [6.07, 6.45) is 1.90. The van der Waals surface area contributed by atoms with Gasteiger partial charge in [-0.15, -0.1) is 11.3 Å². The normalized spacial score (nSPS) is 10.4. The zero-order valence-corrected chi connectivity index (χ0v) is 11.8. The van der Waals surface area contributed by atoms with Crippen molar-refractivity contribution < 1.29 is 0 Å². The van der Waals surface area contributed by atoms with Crippen LogP contribution in [0.2, 0.25) is 0 Å². The summed E-state index contributed by atoms with van der Waals surface area (Å²) in [4.78, 5) is 5.43. The number of nitrogen functional groups attached to an aromatic ring is 1. The molecule has 1 aromatic carbocycles. The first kappa shape index (κ1) is 11.7. The van der Waals surface area contributed by atoms with E-state index in [1.54, 1.807) is 11.3 Å². The van der Waals surface area contributed by atoms with Crippen LogP contribution in [0.1, 0.15) is 9.88 Å². The molecule has 3 N–H and O–H groups in total. The summed E-state index contributed by atoms with van der Waals surface area (Å²) in [7, 11) is 0. The highest BCUT2D eigenvalue weighted by molar-refractivity contribution is 14.1. The second-order valence-electron chi connectivity index (χ2n) is 3.43. The zero-order chi connectivity index (χ0) is 11.5. The predicted octanol–water partition coefficient (Wildman–Crippen LogP) is 3.25. The Hall–Kier alpha value is -0.820. The van der Waals surface area contributed by atoms with E-state index in [1.807, 2.05) is 31.3 Å². The van der Waals surface area contributed by atoms with Gasteiger partial charge in [0.2, 0.25) is 0 Å². The molecule has 5 heteroatoms. The maximum absolute atomic E-state index is 5.91. The smallest absolute Gasteiger partial charge is 0.0897 e. The molecular weight excluding hydrogens is 333 g/mol. The first-order valence-electron chi connectivity index (χ1n) is 4.85. The quantitative estimate of drug-likeness (QED) is 0.663. The van der Waals surface area contributed by atoms with E-state index in [1.165, 1.54) is 4.88 Å². The first-order chi connectivity index (χ1) is 7.65. The number of aryl methyl sites for hydroxylation is 1. The van der Waals surface area contributed by atoms with Crippen LogP contribution in [-0.4, -0.2) is 4.98 Å². The highest BCUT2D eigenvalue weighted by Gasteiger charge is 2.01. The van der Waals surface area contributed by atoms with Crippen molar-refractivity contribution in [2.75, 3.05) is 11.1 Å². The Labute approximate surface area is 112 Å². The largest absolute Gasteiger partial charge is 0.397 e. The van der Waals surface area contributed by atoms with Crippen molar-refractivity contribution in [1.82, 2.24) is 4.98 Å². The van der Waals surface area contributed by atoms with Crippen LogP contribution in [0.15, 0.2) is 24.4 Å². The Bertz CT molecular complexity index is 496. The Morgan fingerprint density at radius 2 is 2.31 bits per heavy atom. The van der Waals surface area contributed by atoms with E-state index in [4.69, 9.17) is 5.73 Å². The molecule has 0 radical (unpaired) electrons. The van der Waals surface area contributed by atoms with E-state index in [2.05, 4.69) is 32.9 Å². The van der Waals surface area contributed by atoms with Crippen LogP contribution in [0.25, 0.3) is 0 Å².